The molecule has 2 N–H and O–H groups in total. The number of hydrogen-bond donors (Lipinski definition) is 2. The lowest BCUT2D eigenvalue weighted by Crippen LogP contribution is -2.40. The van der Waals surface area contributed by atoms with Crippen LogP contribution in [0.15, 0.2) is 11.3 Å². The van der Waals surface area contributed by atoms with Crippen molar-refractivity contribution in [1.29, 1.82) is 5.41 Å². The van der Waals surface area contributed by atoms with E-state index in [9.17, 15) is 36.3 Å². The number of hydroxylamine groups is 2. The molecule has 1 aliphatic heterocycles. The smallest absolute Gasteiger partial charge is 0.373 e. The van der Waals surface area contributed by atoms with Crippen LogP contribution in [0.25, 0.3) is 0 Å². The number of nitrogens with one attached hydrogen (secondary N) is 2. The zero-order chi connectivity index (χ0) is 20.1. The summed E-state index contributed by atoms with van der Waals surface area (Å²) in [5.41, 5.74) is -4.27. The van der Waals surface area contributed by atoms with Gasteiger partial charge in [-0.3, -0.25) is 15.0 Å². The fourth-order valence-electron chi connectivity index (χ4n) is 2.88. The molecule has 144 valence electrons. The van der Waals surface area contributed by atoms with Crippen LogP contribution in [-0.4, -0.2) is 47.2 Å². The third-order valence-corrected chi connectivity index (χ3v) is 4.19. The Morgan fingerprint density at radius 2 is 1.85 bits per heavy atom. The van der Waals surface area contributed by atoms with Gasteiger partial charge in [0.15, 0.2) is 0 Å². The fourth-order valence-corrected chi connectivity index (χ4v) is 2.88. The van der Waals surface area contributed by atoms with Crippen LogP contribution >= 0.6 is 0 Å². The summed E-state index contributed by atoms with van der Waals surface area (Å²) in [6, 6.07) is 0. The largest absolute Gasteiger partial charge is 0.433 e. The first-order chi connectivity index (χ1) is 12.4. The van der Waals surface area contributed by atoms with Crippen molar-refractivity contribution in [2.45, 2.75) is 24.9 Å². The Kier molecular flexibility index (Phi) is 4.21. The van der Waals surface area contributed by atoms with E-state index in [0.717, 1.165) is 0 Å². The molecule has 2 atom stereocenters. The van der Waals surface area contributed by atoms with E-state index in [1.54, 1.807) is 0 Å². The van der Waals surface area contributed by atoms with E-state index in [1.165, 1.54) is 0 Å². The molecule has 1 saturated heterocycles. The summed E-state index contributed by atoms with van der Waals surface area (Å²) in [5.74, 6) is -5.74. The lowest BCUT2D eigenvalue weighted by Gasteiger charge is -2.24. The maximum absolute atomic E-state index is 14.3. The van der Waals surface area contributed by atoms with Gasteiger partial charge in [0.05, 0.1) is 11.6 Å². The van der Waals surface area contributed by atoms with E-state index in [-0.39, 0.29) is 17.9 Å². The lowest BCUT2D eigenvalue weighted by molar-refractivity contribution is -0.196. The third kappa shape index (κ3) is 3.02. The van der Waals surface area contributed by atoms with Crippen LogP contribution in [0.3, 0.4) is 0 Å². The monoisotopic (exact) mass is 391 g/mol. The maximum Gasteiger partial charge on any atom is 0.433 e. The van der Waals surface area contributed by atoms with Crippen molar-refractivity contribution in [2.75, 3.05) is 6.54 Å². The summed E-state index contributed by atoms with van der Waals surface area (Å²) >= 11 is 0. The number of rotatable bonds is 5. The van der Waals surface area contributed by atoms with Crippen LogP contribution in [0.1, 0.15) is 12.8 Å². The Labute approximate surface area is 148 Å². The normalized spacial score (nSPS) is 25.6. The molecule has 3 aliphatic rings. The number of fused-ring (bicyclic) bond motifs is 1. The first-order valence-corrected chi connectivity index (χ1v) is 7.54. The molecule has 7 nitrogen and oxygen atoms in total. The Bertz CT molecular complexity index is 836. The van der Waals surface area contributed by atoms with Crippen molar-refractivity contribution >= 4 is 23.5 Å². The van der Waals surface area contributed by atoms with Gasteiger partial charge in [0.2, 0.25) is 0 Å². The Morgan fingerprint density at radius 3 is 2.33 bits per heavy atom. The van der Waals surface area contributed by atoms with Crippen molar-refractivity contribution in [3.63, 3.8) is 0 Å². The second-order valence-corrected chi connectivity index (χ2v) is 5.93. The van der Waals surface area contributed by atoms with Crippen molar-refractivity contribution in [2.24, 2.45) is 11.8 Å². The Balaban J connectivity index is 1.78. The van der Waals surface area contributed by atoms with E-state index < -0.39 is 65.2 Å². The predicted octanol–water partition coefficient (Wildman–Crippen LogP) is 0.918. The molecule has 0 aromatic carbocycles. The number of hydrogen-bond acceptors (Lipinski definition) is 6. The van der Waals surface area contributed by atoms with Gasteiger partial charge in [-0.15, -0.1) is 5.06 Å². The summed E-state index contributed by atoms with van der Waals surface area (Å²) in [6.07, 6.45) is -5.55. The van der Waals surface area contributed by atoms with Gasteiger partial charge in [0.1, 0.15) is 18.2 Å². The molecule has 0 aromatic rings. The molecule has 1 heterocycles. The number of alkyl halides is 5. The number of imide groups is 1. The van der Waals surface area contributed by atoms with Crippen LogP contribution in [0.5, 0.6) is 0 Å². The number of halogens is 5. The van der Waals surface area contributed by atoms with Gasteiger partial charge in [-0.2, -0.15) is 22.0 Å². The summed E-state index contributed by atoms with van der Waals surface area (Å²) in [4.78, 5) is 38.8. The molecule has 0 spiro atoms. The minimum atomic E-state index is -5.18. The second-order valence-electron chi connectivity index (χ2n) is 5.93. The first kappa shape index (κ1) is 18.8. The van der Waals surface area contributed by atoms with Crippen molar-refractivity contribution < 1.29 is 41.2 Å². The zero-order valence-corrected chi connectivity index (χ0v) is 13.2. The predicted molar refractivity (Wildman–Crippen MR) is 75.7 cm³/mol. The summed E-state index contributed by atoms with van der Waals surface area (Å²) < 4.78 is 67.2. The highest BCUT2D eigenvalue weighted by molar-refractivity contribution is 6.05. The minimum Gasteiger partial charge on any atom is -0.373 e. The van der Waals surface area contributed by atoms with Crippen LogP contribution in [-0.2, 0) is 19.2 Å². The molecule has 1 fully saturated rings. The van der Waals surface area contributed by atoms with Crippen LogP contribution < -0.4 is 5.32 Å². The van der Waals surface area contributed by atoms with Crippen LogP contribution in [0, 0.1) is 29.1 Å². The van der Waals surface area contributed by atoms with Crippen molar-refractivity contribution in [1.82, 2.24) is 10.4 Å². The number of nitrogens with zero attached hydrogens (tertiary/aromatic N) is 1. The van der Waals surface area contributed by atoms with Gasteiger partial charge in [-0.05, 0) is 0 Å². The standard InChI is InChI=1S/C15H10F5N3O4/c16-14(17)7-2-1-6(7)11(12(21)15(18,19)20)13(14)22-5-10(26)27-23-8(24)3-4-9(23)25/h6-7,21-22H,3-5H2/t6-,7+/m0/s1. The first-order valence-electron chi connectivity index (χ1n) is 7.54. The quantitative estimate of drug-likeness (QED) is 0.314. The van der Waals surface area contributed by atoms with E-state index in [2.05, 4.69) is 16.7 Å². The van der Waals surface area contributed by atoms with Gasteiger partial charge in [-0.25, -0.2) is 4.79 Å². The molecule has 0 unspecified atom stereocenters. The molecule has 0 saturated carbocycles. The van der Waals surface area contributed by atoms with Gasteiger partial charge in [0, 0.05) is 18.4 Å². The summed E-state index contributed by atoms with van der Waals surface area (Å²) in [5, 5.41) is 9.22. The zero-order valence-electron chi connectivity index (χ0n) is 13.2. The lowest BCUT2D eigenvalue weighted by atomic mass is 9.82. The second kappa shape index (κ2) is 6.04. The number of carbonyl (C=O) groups is 3. The molecular weight excluding hydrogens is 381 g/mol. The molecule has 2 amide bonds. The summed E-state index contributed by atoms with van der Waals surface area (Å²) in [7, 11) is 0. The van der Waals surface area contributed by atoms with Gasteiger partial charge in [0.25, 0.3) is 11.8 Å². The van der Waals surface area contributed by atoms with Crippen molar-refractivity contribution in [3.8, 4) is 11.8 Å². The average Bonchev–Trinajstić information content (AvgIpc) is 2.88. The molecule has 12 heteroatoms. The molecule has 0 radical (unpaired) electrons. The molecule has 27 heavy (non-hydrogen) atoms. The maximum atomic E-state index is 14.3. The van der Waals surface area contributed by atoms with E-state index in [1.807, 2.05) is 5.32 Å². The van der Waals surface area contributed by atoms with Crippen LogP contribution in [0.2, 0.25) is 0 Å². The average molecular weight is 391 g/mol. The number of carbonyl (C=O) groups excluding carboxylic acids is 3. The Morgan fingerprint density at radius 1 is 1.26 bits per heavy atom. The Hall–Kier alpha value is -2.97. The van der Waals surface area contributed by atoms with E-state index in [4.69, 9.17) is 5.41 Å². The van der Waals surface area contributed by atoms with Crippen molar-refractivity contribution in [3.05, 3.63) is 11.3 Å². The molecular formula is C15H10F5N3O4. The number of amides is 2. The third-order valence-electron chi connectivity index (χ3n) is 4.19. The number of allylic oxidation sites excluding steroid dienone is 2. The molecule has 0 aromatic heterocycles. The highest BCUT2D eigenvalue weighted by Gasteiger charge is 2.61. The molecule has 2 aliphatic carbocycles. The highest BCUT2D eigenvalue weighted by Crippen LogP contribution is 2.51. The van der Waals surface area contributed by atoms with Gasteiger partial charge in [-0.1, -0.05) is 11.8 Å². The highest BCUT2D eigenvalue weighted by atomic mass is 19.4. The van der Waals surface area contributed by atoms with Gasteiger partial charge < -0.3 is 10.2 Å². The van der Waals surface area contributed by atoms with E-state index in [0.29, 0.717) is 0 Å². The SMILES string of the molecule is N=C(C1=C(NCC(=O)ON2C(=O)CCC2=O)C(F)(F)[C@@H]2C#C[C@H]12)C(F)(F)F. The summed E-state index contributed by atoms with van der Waals surface area (Å²) in [6.45, 7) is -1.05. The topological polar surface area (TPSA) is 99.6 Å². The minimum absolute atomic E-state index is 0.177. The van der Waals surface area contributed by atoms with Gasteiger partial charge >= 0.3 is 18.1 Å². The molecule has 0 bridgehead atoms. The van der Waals surface area contributed by atoms with Crippen LogP contribution in [0.4, 0.5) is 22.0 Å². The molecule has 3 rings (SSSR count). The van der Waals surface area contributed by atoms with E-state index >= 15 is 0 Å². The fraction of sp³-hybridized carbons (Fsp3) is 0.467.